The maximum Gasteiger partial charge on any atom is 0.249 e. The lowest BCUT2D eigenvalue weighted by Gasteiger charge is -2.05. The van der Waals surface area contributed by atoms with Crippen LogP contribution in [0.4, 0.5) is 0 Å². The summed E-state index contributed by atoms with van der Waals surface area (Å²) in [7, 11) is 0. The molecule has 0 unspecified atom stereocenters. The van der Waals surface area contributed by atoms with Gasteiger partial charge in [-0.05, 0) is 19.9 Å². The van der Waals surface area contributed by atoms with Crippen molar-refractivity contribution in [3.05, 3.63) is 30.2 Å². The largest absolute Gasteiger partial charge is 0.423 e. The van der Waals surface area contributed by atoms with Crippen molar-refractivity contribution in [2.75, 3.05) is 0 Å². The molecule has 3 aromatic rings. The highest BCUT2D eigenvalue weighted by atomic mass is 16.4. The van der Waals surface area contributed by atoms with Crippen LogP contribution in [0.3, 0.4) is 0 Å². The van der Waals surface area contributed by atoms with Crippen LogP contribution < -0.4 is 0 Å². The van der Waals surface area contributed by atoms with E-state index in [2.05, 4.69) is 25.4 Å². The van der Waals surface area contributed by atoms with Gasteiger partial charge in [0.1, 0.15) is 0 Å². The Morgan fingerprint density at radius 1 is 0.833 bits per heavy atom. The zero-order valence-corrected chi connectivity index (χ0v) is 9.78. The number of rotatable bonds is 2. The van der Waals surface area contributed by atoms with Crippen LogP contribution in [0, 0.1) is 13.8 Å². The molecule has 0 aliphatic heterocycles. The van der Waals surface area contributed by atoms with E-state index >= 15 is 0 Å². The van der Waals surface area contributed by atoms with Crippen molar-refractivity contribution in [3.63, 3.8) is 0 Å². The third-order valence-corrected chi connectivity index (χ3v) is 2.58. The molecule has 90 valence electrons. The van der Waals surface area contributed by atoms with Gasteiger partial charge in [0.05, 0.1) is 22.5 Å². The fourth-order valence-corrected chi connectivity index (χ4v) is 1.74. The number of hydrogen-bond donors (Lipinski definition) is 0. The van der Waals surface area contributed by atoms with Crippen molar-refractivity contribution in [2.45, 2.75) is 13.8 Å². The van der Waals surface area contributed by atoms with Crippen LogP contribution in [0.25, 0.3) is 22.9 Å². The van der Waals surface area contributed by atoms with E-state index in [0.717, 1.165) is 22.5 Å². The lowest BCUT2D eigenvalue weighted by atomic mass is 10.1. The zero-order chi connectivity index (χ0) is 12.5. The molecular formula is C11H9N5O2. The van der Waals surface area contributed by atoms with Crippen molar-refractivity contribution < 1.29 is 8.83 Å². The van der Waals surface area contributed by atoms with Crippen LogP contribution in [-0.2, 0) is 0 Å². The molecule has 3 aromatic heterocycles. The summed E-state index contributed by atoms with van der Waals surface area (Å²) in [5.41, 5.74) is 3.12. The normalized spacial score (nSPS) is 10.8. The second-order valence-electron chi connectivity index (χ2n) is 3.74. The first-order valence-corrected chi connectivity index (χ1v) is 5.27. The van der Waals surface area contributed by atoms with Gasteiger partial charge in [-0.25, -0.2) is 0 Å². The Hall–Kier alpha value is -2.57. The number of pyridine rings is 1. The van der Waals surface area contributed by atoms with Crippen molar-refractivity contribution in [1.82, 2.24) is 25.4 Å². The fraction of sp³-hybridized carbons (Fsp3) is 0.182. The van der Waals surface area contributed by atoms with Gasteiger partial charge in [-0.3, -0.25) is 4.98 Å². The lowest BCUT2D eigenvalue weighted by Crippen LogP contribution is -1.95. The molecule has 3 heterocycles. The minimum Gasteiger partial charge on any atom is -0.423 e. The Bertz CT molecular complexity index is 606. The molecule has 0 amide bonds. The molecule has 0 aromatic carbocycles. The highest BCUT2D eigenvalue weighted by Gasteiger charge is 2.15. The summed E-state index contributed by atoms with van der Waals surface area (Å²) < 4.78 is 10.4. The smallest absolute Gasteiger partial charge is 0.249 e. The number of aryl methyl sites for hydroxylation is 2. The predicted molar refractivity (Wildman–Crippen MR) is 60.3 cm³/mol. The Morgan fingerprint density at radius 2 is 1.33 bits per heavy atom. The molecule has 0 saturated heterocycles. The van der Waals surface area contributed by atoms with E-state index in [4.69, 9.17) is 8.83 Å². The van der Waals surface area contributed by atoms with E-state index in [1.807, 2.05) is 19.9 Å². The van der Waals surface area contributed by atoms with Gasteiger partial charge in [0, 0.05) is 0 Å². The van der Waals surface area contributed by atoms with Crippen LogP contribution in [-0.4, -0.2) is 25.4 Å². The minimum absolute atomic E-state index is 0.417. The summed E-state index contributed by atoms with van der Waals surface area (Å²) >= 11 is 0. The minimum atomic E-state index is 0.417. The van der Waals surface area contributed by atoms with Crippen LogP contribution in [0.1, 0.15) is 11.4 Å². The molecule has 18 heavy (non-hydrogen) atoms. The van der Waals surface area contributed by atoms with Crippen LogP contribution in [0.15, 0.2) is 27.7 Å². The highest BCUT2D eigenvalue weighted by molar-refractivity contribution is 5.67. The molecule has 7 heteroatoms. The van der Waals surface area contributed by atoms with Gasteiger partial charge in [0.25, 0.3) is 0 Å². The topological polar surface area (TPSA) is 90.7 Å². The highest BCUT2D eigenvalue weighted by Crippen LogP contribution is 2.27. The molecule has 0 atom stereocenters. The fourth-order valence-electron chi connectivity index (χ4n) is 1.74. The molecule has 0 aliphatic rings. The quantitative estimate of drug-likeness (QED) is 0.677. The standard InChI is InChI=1S/C11H9N5O2/c1-6-8(10-15-12-4-17-10)3-9(7(2)14-6)11-16-13-5-18-11/h3-5H,1-2H3. The molecule has 7 nitrogen and oxygen atoms in total. The maximum absolute atomic E-state index is 5.18. The summed E-state index contributed by atoms with van der Waals surface area (Å²) in [6, 6.07) is 1.86. The van der Waals surface area contributed by atoms with E-state index in [0.29, 0.717) is 11.8 Å². The Morgan fingerprint density at radius 3 is 1.72 bits per heavy atom. The Balaban J connectivity index is 2.20. The van der Waals surface area contributed by atoms with Gasteiger partial charge in [-0.2, -0.15) is 0 Å². The SMILES string of the molecule is Cc1nc(C)c(-c2nnco2)cc1-c1nnco1. The van der Waals surface area contributed by atoms with Gasteiger partial charge in [-0.15, -0.1) is 20.4 Å². The third kappa shape index (κ3) is 1.65. The molecule has 0 spiro atoms. The molecule has 0 radical (unpaired) electrons. The van der Waals surface area contributed by atoms with Crippen LogP contribution >= 0.6 is 0 Å². The molecule has 3 rings (SSSR count). The van der Waals surface area contributed by atoms with Crippen molar-refractivity contribution in [2.24, 2.45) is 0 Å². The second kappa shape index (κ2) is 4.02. The van der Waals surface area contributed by atoms with Crippen molar-refractivity contribution in [3.8, 4) is 22.9 Å². The monoisotopic (exact) mass is 243 g/mol. The van der Waals surface area contributed by atoms with Gasteiger partial charge >= 0.3 is 0 Å². The average molecular weight is 243 g/mol. The number of hydrogen-bond acceptors (Lipinski definition) is 7. The number of nitrogens with zero attached hydrogens (tertiary/aromatic N) is 5. The van der Waals surface area contributed by atoms with E-state index in [1.54, 1.807) is 0 Å². The molecule has 0 fully saturated rings. The van der Waals surface area contributed by atoms with E-state index in [9.17, 15) is 0 Å². The predicted octanol–water partition coefficient (Wildman–Crippen LogP) is 1.80. The van der Waals surface area contributed by atoms with Crippen LogP contribution in [0.5, 0.6) is 0 Å². The van der Waals surface area contributed by atoms with Crippen molar-refractivity contribution in [1.29, 1.82) is 0 Å². The first-order valence-electron chi connectivity index (χ1n) is 5.27. The summed E-state index contributed by atoms with van der Waals surface area (Å²) in [6.45, 7) is 3.76. The third-order valence-electron chi connectivity index (χ3n) is 2.58. The van der Waals surface area contributed by atoms with Gasteiger partial charge in [-0.1, -0.05) is 0 Å². The summed E-state index contributed by atoms with van der Waals surface area (Å²) in [6.07, 6.45) is 2.56. The number of aromatic nitrogens is 5. The second-order valence-corrected chi connectivity index (χ2v) is 3.74. The van der Waals surface area contributed by atoms with Crippen LogP contribution in [0.2, 0.25) is 0 Å². The van der Waals surface area contributed by atoms with Gasteiger partial charge in [0.2, 0.25) is 24.6 Å². The lowest BCUT2D eigenvalue weighted by molar-refractivity contribution is 0.565. The summed E-state index contributed by atoms with van der Waals surface area (Å²) in [5.74, 6) is 0.835. The van der Waals surface area contributed by atoms with Gasteiger partial charge in [0.15, 0.2) is 0 Å². The Labute approximate surface area is 102 Å². The zero-order valence-electron chi connectivity index (χ0n) is 9.78. The summed E-state index contributed by atoms with van der Waals surface area (Å²) in [5, 5.41) is 15.1. The van der Waals surface area contributed by atoms with E-state index in [1.165, 1.54) is 12.8 Å². The van der Waals surface area contributed by atoms with Gasteiger partial charge < -0.3 is 8.83 Å². The summed E-state index contributed by atoms with van der Waals surface area (Å²) in [4.78, 5) is 4.43. The first kappa shape index (κ1) is 10.6. The molecule has 0 aliphatic carbocycles. The van der Waals surface area contributed by atoms with E-state index < -0.39 is 0 Å². The Kier molecular flexibility index (Phi) is 2.36. The first-order chi connectivity index (χ1) is 8.75. The van der Waals surface area contributed by atoms with Crippen molar-refractivity contribution >= 4 is 0 Å². The molecule has 0 N–H and O–H groups in total. The molecular weight excluding hydrogens is 234 g/mol. The molecule has 0 bridgehead atoms. The maximum atomic E-state index is 5.18. The van der Waals surface area contributed by atoms with E-state index in [-0.39, 0.29) is 0 Å². The average Bonchev–Trinajstić information content (AvgIpc) is 3.01. The molecule has 0 saturated carbocycles.